The lowest BCUT2D eigenvalue weighted by atomic mass is 10.1. The number of rotatable bonds is 4. The van der Waals surface area contributed by atoms with E-state index in [0.29, 0.717) is 0 Å². The molecule has 2 rings (SSSR count). The summed E-state index contributed by atoms with van der Waals surface area (Å²) in [7, 11) is 0. The van der Waals surface area contributed by atoms with Crippen molar-refractivity contribution in [2.45, 2.75) is 17.3 Å². The van der Waals surface area contributed by atoms with Gasteiger partial charge in [-0.3, -0.25) is 4.79 Å². The van der Waals surface area contributed by atoms with Crippen molar-refractivity contribution < 1.29 is 13.6 Å². The molecule has 4 N–H and O–H groups in total. The van der Waals surface area contributed by atoms with Gasteiger partial charge in [0, 0.05) is 6.07 Å². The number of anilines is 2. The van der Waals surface area contributed by atoms with Crippen LogP contribution in [0.1, 0.15) is 17.3 Å². The van der Waals surface area contributed by atoms with Crippen molar-refractivity contribution in [3.8, 4) is 0 Å². The monoisotopic (exact) mass is 310 g/mol. The highest BCUT2D eigenvalue weighted by Crippen LogP contribution is 2.25. The number of Topliss-reactive ketones (excluding diaryl/α,β-unsaturated/α-hetero) is 1. The number of ketones is 1. The van der Waals surface area contributed by atoms with Crippen LogP contribution in [0.3, 0.4) is 0 Å². The summed E-state index contributed by atoms with van der Waals surface area (Å²) < 4.78 is 26.7. The highest BCUT2D eigenvalue weighted by molar-refractivity contribution is 8.00. The molecule has 0 aliphatic carbocycles. The smallest absolute Gasteiger partial charge is 0.192 e. The first-order chi connectivity index (χ1) is 9.86. The van der Waals surface area contributed by atoms with Gasteiger partial charge in [0.25, 0.3) is 0 Å². The van der Waals surface area contributed by atoms with E-state index in [1.54, 1.807) is 6.92 Å². The number of hydrogen-bond donors (Lipinski definition) is 2. The minimum Gasteiger partial charge on any atom is -0.383 e. The second-order valence-electron chi connectivity index (χ2n) is 4.25. The SMILES string of the molecule is CC(Sc1nc(N)cc(N)n1)C(=O)c1cc(F)ccc1F. The number of nitrogen functional groups attached to an aromatic ring is 2. The molecule has 0 amide bonds. The number of carbonyl (C=O) groups excluding carboxylic acids is 1. The van der Waals surface area contributed by atoms with Crippen LogP contribution in [0.25, 0.3) is 0 Å². The molecular formula is C13H12F2N4OS. The maximum atomic E-state index is 13.6. The summed E-state index contributed by atoms with van der Waals surface area (Å²) >= 11 is 0.969. The van der Waals surface area contributed by atoms with Crippen LogP contribution in [-0.2, 0) is 0 Å². The molecule has 0 aliphatic rings. The third kappa shape index (κ3) is 3.66. The number of hydrogen-bond acceptors (Lipinski definition) is 6. The van der Waals surface area contributed by atoms with Gasteiger partial charge < -0.3 is 11.5 Å². The first-order valence-corrected chi connectivity index (χ1v) is 6.80. The average Bonchev–Trinajstić information content (AvgIpc) is 2.39. The maximum Gasteiger partial charge on any atom is 0.192 e. The van der Waals surface area contributed by atoms with E-state index < -0.39 is 22.7 Å². The summed E-state index contributed by atoms with van der Waals surface area (Å²) in [5.74, 6) is -1.69. The van der Waals surface area contributed by atoms with Crippen molar-refractivity contribution in [1.82, 2.24) is 9.97 Å². The van der Waals surface area contributed by atoms with Gasteiger partial charge >= 0.3 is 0 Å². The Morgan fingerprint density at radius 1 is 1.19 bits per heavy atom. The van der Waals surface area contributed by atoms with E-state index in [1.165, 1.54) is 6.07 Å². The number of nitrogens with zero attached hydrogens (tertiary/aromatic N) is 2. The molecule has 1 aromatic heterocycles. The summed E-state index contributed by atoms with van der Waals surface area (Å²) in [5.41, 5.74) is 10.7. The number of nitrogens with two attached hydrogens (primary N) is 2. The second-order valence-corrected chi connectivity index (χ2v) is 5.56. The quantitative estimate of drug-likeness (QED) is 0.511. The fourth-order valence-electron chi connectivity index (χ4n) is 1.63. The van der Waals surface area contributed by atoms with Crippen LogP contribution >= 0.6 is 11.8 Å². The Morgan fingerprint density at radius 3 is 2.43 bits per heavy atom. The molecule has 5 nitrogen and oxygen atoms in total. The fraction of sp³-hybridized carbons (Fsp3) is 0.154. The molecule has 0 fully saturated rings. The fourth-order valence-corrected chi connectivity index (χ4v) is 2.50. The lowest BCUT2D eigenvalue weighted by molar-refractivity contribution is 0.0989. The Bertz CT molecular complexity index is 676. The molecule has 1 atom stereocenters. The summed E-state index contributed by atoms with van der Waals surface area (Å²) in [4.78, 5) is 20.0. The van der Waals surface area contributed by atoms with Gasteiger partial charge in [-0.1, -0.05) is 11.8 Å². The molecule has 1 aromatic carbocycles. The zero-order valence-electron chi connectivity index (χ0n) is 11.0. The number of aromatic nitrogens is 2. The standard InChI is InChI=1S/C13H12F2N4OS/c1-6(21-13-18-10(16)5-11(17)19-13)12(20)8-4-7(14)2-3-9(8)15/h2-6H,1H3,(H4,16,17,18,19). The van der Waals surface area contributed by atoms with E-state index in [4.69, 9.17) is 11.5 Å². The van der Waals surface area contributed by atoms with E-state index >= 15 is 0 Å². The number of carbonyl (C=O) groups is 1. The predicted octanol–water partition coefficient (Wildman–Crippen LogP) is 2.28. The largest absolute Gasteiger partial charge is 0.383 e. The van der Waals surface area contributed by atoms with Crippen molar-refractivity contribution in [1.29, 1.82) is 0 Å². The topological polar surface area (TPSA) is 94.9 Å². The van der Waals surface area contributed by atoms with Gasteiger partial charge in [0.2, 0.25) is 0 Å². The molecule has 0 saturated carbocycles. The van der Waals surface area contributed by atoms with Gasteiger partial charge in [-0.05, 0) is 25.1 Å². The van der Waals surface area contributed by atoms with E-state index in [2.05, 4.69) is 9.97 Å². The zero-order valence-corrected chi connectivity index (χ0v) is 11.8. The van der Waals surface area contributed by atoms with Gasteiger partial charge in [0.05, 0.1) is 10.8 Å². The van der Waals surface area contributed by atoms with Crippen LogP contribution in [0.15, 0.2) is 29.4 Å². The Kier molecular flexibility index (Phi) is 4.37. The molecule has 2 aromatic rings. The van der Waals surface area contributed by atoms with Crippen LogP contribution in [-0.4, -0.2) is 21.0 Å². The van der Waals surface area contributed by atoms with E-state index in [0.717, 1.165) is 30.0 Å². The molecule has 1 unspecified atom stereocenters. The van der Waals surface area contributed by atoms with Crippen LogP contribution in [0.2, 0.25) is 0 Å². The zero-order chi connectivity index (χ0) is 15.6. The van der Waals surface area contributed by atoms with E-state index in [-0.39, 0.29) is 22.4 Å². The van der Waals surface area contributed by atoms with Crippen LogP contribution in [0.4, 0.5) is 20.4 Å². The number of halogens is 2. The first kappa shape index (κ1) is 15.2. The maximum absolute atomic E-state index is 13.6. The molecule has 21 heavy (non-hydrogen) atoms. The van der Waals surface area contributed by atoms with Crippen molar-refractivity contribution in [3.63, 3.8) is 0 Å². The second kappa shape index (κ2) is 6.04. The highest BCUT2D eigenvalue weighted by atomic mass is 32.2. The van der Waals surface area contributed by atoms with Gasteiger partial charge in [-0.2, -0.15) is 0 Å². The Labute approximate surface area is 123 Å². The lowest BCUT2D eigenvalue weighted by Crippen LogP contribution is -2.16. The normalized spacial score (nSPS) is 12.1. The van der Waals surface area contributed by atoms with Gasteiger partial charge in [-0.15, -0.1) is 0 Å². The van der Waals surface area contributed by atoms with Crippen molar-refractivity contribution in [2.24, 2.45) is 0 Å². The molecule has 0 bridgehead atoms. The third-order valence-electron chi connectivity index (χ3n) is 2.59. The van der Waals surface area contributed by atoms with Crippen LogP contribution in [0.5, 0.6) is 0 Å². The summed E-state index contributed by atoms with van der Waals surface area (Å²) in [6.45, 7) is 1.54. The molecule has 0 spiro atoms. The molecular weight excluding hydrogens is 298 g/mol. The average molecular weight is 310 g/mol. The molecule has 0 saturated heterocycles. The predicted molar refractivity (Wildman–Crippen MR) is 76.9 cm³/mol. The van der Waals surface area contributed by atoms with E-state index in [1.807, 2.05) is 0 Å². The third-order valence-corrected chi connectivity index (χ3v) is 3.55. The van der Waals surface area contributed by atoms with Crippen LogP contribution < -0.4 is 11.5 Å². The summed E-state index contributed by atoms with van der Waals surface area (Å²) in [5, 5.41) is -0.521. The van der Waals surface area contributed by atoms with E-state index in [9.17, 15) is 13.6 Å². The molecule has 0 aliphatic heterocycles. The van der Waals surface area contributed by atoms with Crippen molar-refractivity contribution in [2.75, 3.05) is 11.5 Å². The lowest BCUT2D eigenvalue weighted by Gasteiger charge is -2.10. The molecule has 0 radical (unpaired) electrons. The highest BCUT2D eigenvalue weighted by Gasteiger charge is 2.21. The Hall–Kier alpha value is -2.22. The van der Waals surface area contributed by atoms with Crippen molar-refractivity contribution in [3.05, 3.63) is 41.5 Å². The Balaban J connectivity index is 2.21. The molecule has 110 valence electrons. The van der Waals surface area contributed by atoms with Gasteiger partial charge in [0.15, 0.2) is 10.9 Å². The van der Waals surface area contributed by atoms with Crippen molar-refractivity contribution >= 4 is 29.2 Å². The molecule has 1 heterocycles. The molecule has 8 heteroatoms. The first-order valence-electron chi connectivity index (χ1n) is 5.93. The number of benzene rings is 1. The van der Waals surface area contributed by atoms with Gasteiger partial charge in [-0.25, -0.2) is 18.7 Å². The summed E-state index contributed by atoms with van der Waals surface area (Å²) in [6, 6.07) is 4.10. The minimum atomic E-state index is -0.776. The summed E-state index contributed by atoms with van der Waals surface area (Å²) in [6.07, 6.45) is 0. The Morgan fingerprint density at radius 2 is 1.81 bits per heavy atom. The van der Waals surface area contributed by atoms with Gasteiger partial charge in [0.1, 0.15) is 23.3 Å². The minimum absolute atomic E-state index is 0.168. The van der Waals surface area contributed by atoms with Crippen LogP contribution in [0, 0.1) is 11.6 Å². The number of thioether (sulfide) groups is 1.